The highest BCUT2D eigenvalue weighted by Crippen LogP contribution is 2.29. The van der Waals surface area contributed by atoms with E-state index < -0.39 is 17.8 Å². The van der Waals surface area contributed by atoms with Crippen molar-refractivity contribution in [1.82, 2.24) is 15.3 Å². The monoisotopic (exact) mass is 345 g/mol. The topological polar surface area (TPSA) is 82.1 Å². The zero-order valence-corrected chi connectivity index (χ0v) is 15.3. The molecule has 1 aliphatic rings. The van der Waals surface area contributed by atoms with Gasteiger partial charge in [-0.15, -0.1) is 0 Å². The molecule has 0 radical (unpaired) electrons. The van der Waals surface area contributed by atoms with E-state index in [9.17, 15) is 14.7 Å². The van der Waals surface area contributed by atoms with Crippen molar-refractivity contribution in [3.8, 4) is 0 Å². The van der Waals surface area contributed by atoms with Gasteiger partial charge in [0.2, 0.25) is 0 Å². The second-order valence-corrected chi connectivity index (χ2v) is 7.42. The van der Waals surface area contributed by atoms with E-state index in [0.29, 0.717) is 12.8 Å². The van der Waals surface area contributed by atoms with Gasteiger partial charge in [0, 0.05) is 20.0 Å². The maximum atomic E-state index is 11.8. The van der Waals surface area contributed by atoms with Crippen LogP contribution in [-0.4, -0.2) is 57.9 Å². The molecule has 1 fully saturated rings. The van der Waals surface area contributed by atoms with Crippen LogP contribution in [0, 0.1) is 5.92 Å². The average Bonchev–Trinajstić information content (AvgIpc) is 2.42. The highest BCUT2D eigenvalue weighted by molar-refractivity contribution is 7.80. The third-order valence-electron chi connectivity index (χ3n) is 3.67. The van der Waals surface area contributed by atoms with E-state index in [4.69, 9.17) is 17.0 Å². The zero-order valence-electron chi connectivity index (χ0n) is 14.5. The first-order valence-electron chi connectivity index (χ1n) is 7.74. The summed E-state index contributed by atoms with van der Waals surface area (Å²) in [4.78, 5) is 26.1. The largest absolute Gasteiger partial charge is 0.464 e. The molecular weight excluding hydrogens is 318 g/mol. The molecule has 0 aromatic heterocycles. The molecule has 0 atom stereocenters. The summed E-state index contributed by atoms with van der Waals surface area (Å²) in [5, 5.41) is 10.3. The summed E-state index contributed by atoms with van der Waals surface area (Å²) >= 11 is 5.39. The van der Waals surface area contributed by atoms with Gasteiger partial charge in [0.1, 0.15) is 5.60 Å². The van der Waals surface area contributed by atoms with Crippen molar-refractivity contribution < 1.29 is 19.4 Å². The van der Waals surface area contributed by atoms with E-state index in [2.05, 4.69) is 5.43 Å². The number of amides is 2. The van der Waals surface area contributed by atoms with Gasteiger partial charge in [-0.1, -0.05) is 12.2 Å². The molecule has 1 saturated carbocycles. The predicted octanol–water partition coefficient (Wildman–Crippen LogP) is 2.85. The molecule has 0 aromatic rings. The highest BCUT2D eigenvalue weighted by atomic mass is 32.1. The van der Waals surface area contributed by atoms with Gasteiger partial charge in [0.05, 0.1) is 11.0 Å². The minimum Gasteiger partial charge on any atom is -0.464 e. The molecule has 2 N–H and O–H groups in total. The fourth-order valence-corrected chi connectivity index (χ4v) is 2.88. The average molecular weight is 345 g/mol. The maximum Gasteiger partial charge on any atom is 0.426 e. The fraction of sp³-hybridized carbons (Fsp3) is 0.800. The van der Waals surface area contributed by atoms with E-state index in [-0.39, 0.29) is 12.0 Å². The van der Waals surface area contributed by atoms with Crippen molar-refractivity contribution in [2.24, 2.45) is 5.92 Å². The third kappa shape index (κ3) is 6.21. The van der Waals surface area contributed by atoms with Gasteiger partial charge in [-0.25, -0.2) is 20.0 Å². The van der Waals surface area contributed by atoms with Crippen molar-refractivity contribution in [3.63, 3.8) is 0 Å². The smallest absolute Gasteiger partial charge is 0.426 e. The zero-order chi connectivity index (χ0) is 17.8. The van der Waals surface area contributed by atoms with Crippen LogP contribution in [0.3, 0.4) is 0 Å². The molecule has 23 heavy (non-hydrogen) atoms. The van der Waals surface area contributed by atoms with Crippen molar-refractivity contribution in [2.75, 3.05) is 14.1 Å². The van der Waals surface area contributed by atoms with Crippen LogP contribution in [0.5, 0.6) is 0 Å². The number of hydrogen-bond donors (Lipinski definition) is 2. The van der Waals surface area contributed by atoms with Crippen molar-refractivity contribution >= 4 is 29.4 Å². The lowest BCUT2D eigenvalue weighted by molar-refractivity contribution is 0.0206. The maximum absolute atomic E-state index is 11.8. The van der Waals surface area contributed by atoms with Crippen molar-refractivity contribution in [1.29, 1.82) is 0 Å². The third-order valence-corrected chi connectivity index (χ3v) is 4.37. The lowest BCUT2D eigenvalue weighted by Gasteiger charge is -2.36. The van der Waals surface area contributed by atoms with E-state index in [1.807, 2.05) is 19.0 Å². The quantitative estimate of drug-likeness (QED) is 0.591. The number of nitrogens with one attached hydrogen (secondary N) is 1. The SMILES string of the molecule is CN(C)C(=S)C1CCC(N(NC(=O)OC(C)(C)C)C(=O)O)CC1. The second-order valence-electron chi connectivity index (χ2n) is 7.00. The molecule has 132 valence electrons. The molecule has 0 aromatic carbocycles. The van der Waals surface area contributed by atoms with E-state index >= 15 is 0 Å². The van der Waals surface area contributed by atoms with Crippen LogP contribution < -0.4 is 5.43 Å². The van der Waals surface area contributed by atoms with Crippen LogP contribution in [0.15, 0.2) is 0 Å². The molecule has 0 saturated heterocycles. The van der Waals surface area contributed by atoms with Gasteiger partial charge in [-0.05, 0) is 46.5 Å². The van der Waals surface area contributed by atoms with Gasteiger partial charge >= 0.3 is 12.2 Å². The van der Waals surface area contributed by atoms with Crippen LogP contribution in [0.1, 0.15) is 46.5 Å². The van der Waals surface area contributed by atoms with Gasteiger partial charge in [0.15, 0.2) is 0 Å². The molecule has 8 heteroatoms. The van der Waals surface area contributed by atoms with Gasteiger partial charge in [0.25, 0.3) is 0 Å². The van der Waals surface area contributed by atoms with Gasteiger partial charge in [-0.3, -0.25) is 0 Å². The summed E-state index contributed by atoms with van der Waals surface area (Å²) in [7, 11) is 3.84. The first-order valence-corrected chi connectivity index (χ1v) is 8.15. The Morgan fingerprint density at radius 3 is 2.09 bits per heavy atom. The van der Waals surface area contributed by atoms with Crippen LogP contribution in [0.4, 0.5) is 9.59 Å². The van der Waals surface area contributed by atoms with E-state index in [0.717, 1.165) is 22.8 Å². The number of carboxylic acid groups (broad SMARTS) is 1. The summed E-state index contributed by atoms with van der Waals surface area (Å²) in [6, 6.07) is -0.263. The number of rotatable bonds is 2. The minimum atomic E-state index is -1.19. The number of nitrogens with zero attached hydrogens (tertiary/aromatic N) is 2. The summed E-state index contributed by atoms with van der Waals surface area (Å²) < 4.78 is 5.12. The van der Waals surface area contributed by atoms with Crippen molar-refractivity contribution in [3.05, 3.63) is 0 Å². The number of hydrazine groups is 1. The Balaban J connectivity index is 2.62. The number of thiocarbonyl (C=S) groups is 1. The summed E-state index contributed by atoms with van der Waals surface area (Å²) in [5.74, 6) is 0.286. The molecule has 1 rings (SSSR count). The fourth-order valence-electron chi connectivity index (χ4n) is 2.64. The molecule has 2 amide bonds. The molecule has 7 nitrogen and oxygen atoms in total. The normalized spacial score (nSPS) is 21.3. The molecule has 0 heterocycles. The molecule has 0 aliphatic heterocycles. The van der Waals surface area contributed by atoms with Gasteiger partial charge < -0.3 is 14.7 Å². The molecule has 0 unspecified atom stereocenters. The Morgan fingerprint density at radius 1 is 1.17 bits per heavy atom. The van der Waals surface area contributed by atoms with Crippen LogP contribution in [-0.2, 0) is 4.74 Å². The predicted molar refractivity (Wildman–Crippen MR) is 91.3 cm³/mol. The highest BCUT2D eigenvalue weighted by Gasteiger charge is 2.32. The summed E-state index contributed by atoms with van der Waals surface area (Å²) in [5.41, 5.74) is 1.66. The Labute approximate surface area is 142 Å². The summed E-state index contributed by atoms with van der Waals surface area (Å²) in [6.45, 7) is 5.18. The number of ether oxygens (including phenoxy) is 1. The number of carbonyl (C=O) groups is 2. The molecule has 1 aliphatic carbocycles. The number of carbonyl (C=O) groups excluding carboxylic acids is 1. The lowest BCUT2D eigenvalue weighted by atomic mass is 9.85. The standard InChI is InChI=1S/C15H27N3O4S/c1-15(2,3)22-13(19)16-18(14(20)21)11-8-6-10(7-9-11)12(23)17(4)5/h10-11H,6-9H2,1-5H3,(H,16,19)(H,20,21). The van der Waals surface area contributed by atoms with Crippen LogP contribution in [0.25, 0.3) is 0 Å². The summed E-state index contributed by atoms with van der Waals surface area (Å²) in [6.07, 6.45) is 0.977. The Hall–Kier alpha value is -1.57. The van der Waals surface area contributed by atoms with Gasteiger partial charge in [-0.2, -0.15) is 0 Å². The van der Waals surface area contributed by atoms with E-state index in [1.54, 1.807) is 20.8 Å². The second kappa shape index (κ2) is 7.81. The molecule has 0 bridgehead atoms. The lowest BCUT2D eigenvalue weighted by Crippen LogP contribution is -2.53. The van der Waals surface area contributed by atoms with Crippen LogP contribution in [0.2, 0.25) is 0 Å². The molecular formula is C15H27N3O4S. The Kier molecular flexibility index (Phi) is 6.61. The van der Waals surface area contributed by atoms with E-state index in [1.165, 1.54) is 0 Å². The first kappa shape index (κ1) is 19.5. The Bertz CT molecular complexity index is 454. The van der Waals surface area contributed by atoms with Crippen molar-refractivity contribution in [2.45, 2.75) is 58.1 Å². The first-order chi connectivity index (χ1) is 10.5. The molecule has 0 spiro atoms. The van der Waals surface area contributed by atoms with Crippen LogP contribution >= 0.6 is 12.2 Å². The minimum absolute atomic E-state index is 0.263. The Morgan fingerprint density at radius 2 is 1.70 bits per heavy atom. The number of hydrogen-bond acceptors (Lipinski definition) is 4.